The van der Waals surface area contributed by atoms with Crippen molar-refractivity contribution in [3.05, 3.63) is 89.5 Å². The Balaban J connectivity index is 1.74. The van der Waals surface area contributed by atoms with Gasteiger partial charge >= 0.3 is 0 Å². The predicted octanol–water partition coefficient (Wildman–Crippen LogP) is 5.03. The van der Waals surface area contributed by atoms with Gasteiger partial charge in [0.15, 0.2) is 0 Å². The van der Waals surface area contributed by atoms with E-state index in [1.165, 1.54) is 28.7 Å². The average molecular weight is 246 g/mol. The van der Waals surface area contributed by atoms with Gasteiger partial charge in [-0.15, -0.1) is 0 Å². The Bertz CT molecular complexity index is 588. The van der Waals surface area contributed by atoms with Crippen LogP contribution in [0.5, 0.6) is 0 Å². The molecule has 0 spiro atoms. The molecule has 1 aliphatic rings. The van der Waals surface area contributed by atoms with Crippen molar-refractivity contribution < 1.29 is 0 Å². The predicted molar refractivity (Wildman–Crippen MR) is 81.9 cm³/mol. The van der Waals surface area contributed by atoms with Crippen molar-refractivity contribution in [2.45, 2.75) is 19.3 Å². The van der Waals surface area contributed by atoms with Crippen molar-refractivity contribution in [2.75, 3.05) is 0 Å². The first-order valence-electron chi connectivity index (χ1n) is 6.90. The van der Waals surface area contributed by atoms with Crippen molar-refractivity contribution in [1.82, 2.24) is 0 Å². The Morgan fingerprint density at radius 2 is 1.37 bits per heavy atom. The summed E-state index contributed by atoms with van der Waals surface area (Å²) in [6, 6.07) is 21.4. The molecule has 3 rings (SSSR count). The third kappa shape index (κ3) is 3.03. The van der Waals surface area contributed by atoms with Gasteiger partial charge in [0.05, 0.1) is 0 Å². The van der Waals surface area contributed by atoms with E-state index in [4.69, 9.17) is 0 Å². The van der Waals surface area contributed by atoms with Crippen molar-refractivity contribution in [1.29, 1.82) is 0 Å². The fourth-order valence-electron chi connectivity index (χ4n) is 2.58. The molecule has 0 unspecified atom stereocenters. The first-order valence-corrected chi connectivity index (χ1v) is 6.90. The third-order valence-corrected chi connectivity index (χ3v) is 3.65. The van der Waals surface area contributed by atoms with Crippen LogP contribution >= 0.6 is 0 Å². The van der Waals surface area contributed by atoms with Gasteiger partial charge in [-0.1, -0.05) is 78.4 Å². The van der Waals surface area contributed by atoms with E-state index in [0.717, 1.165) is 12.8 Å². The topological polar surface area (TPSA) is 0 Å². The zero-order chi connectivity index (χ0) is 12.9. The monoisotopic (exact) mass is 246 g/mol. The van der Waals surface area contributed by atoms with E-state index in [-0.39, 0.29) is 0 Å². The molecular weight excluding hydrogens is 228 g/mol. The lowest BCUT2D eigenvalue weighted by molar-refractivity contribution is 0.923. The lowest BCUT2D eigenvalue weighted by Gasteiger charge is -2.15. The van der Waals surface area contributed by atoms with Crippen LogP contribution < -0.4 is 0 Å². The van der Waals surface area contributed by atoms with Crippen molar-refractivity contribution in [3.63, 3.8) is 0 Å². The van der Waals surface area contributed by atoms with Gasteiger partial charge in [-0.05, 0) is 36.0 Å². The van der Waals surface area contributed by atoms with E-state index < -0.39 is 0 Å². The van der Waals surface area contributed by atoms with Gasteiger partial charge in [-0.2, -0.15) is 0 Å². The summed E-state index contributed by atoms with van der Waals surface area (Å²) in [6.45, 7) is 0. The van der Waals surface area contributed by atoms with Gasteiger partial charge in [0.2, 0.25) is 0 Å². The van der Waals surface area contributed by atoms with E-state index >= 15 is 0 Å². The minimum absolute atomic E-state index is 1.08. The SMILES string of the molecule is C1=C(Cc2ccccc2)CCC(c2ccccc2)=C1. The number of hydrogen-bond acceptors (Lipinski definition) is 0. The van der Waals surface area contributed by atoms with Gasteiger partial charge in [-0.3, -0.25) is 0 Å². The molecule has 0 fully saturated rings. The molecule has 0 aromatic heterocycles. The number of hydrogen-bond donors (Lipinski definition) is 0. The van der Waals surface area contributed by atoms with Crippen LogP contribution in [0.15, 0.2) is 78.4 Å². The molecule has 0 amide bonds. The minimum atomic E-state index is 1.08. The maximum absolute atomic E-state index is 2.30. The molecule has 0 N–H and O–H groups in total. The zero-order valence-electron chi connectivity index (χ0n) is 11.0. The molecule has 0 heteroatoms. The Morgan fingerprint density at radius 1 is 0.684 bits per heavy atom. The lowest BCUT2D eigenvalue weighted by atomic mass is 9.90. The Morgan fingerprint density at radius 3 is 2.00 bits per heavy atom. The van der Waals surface area contributed by atoms with Crippen LogP contribution in [-0.2, 0) is 6.42 Å². The number of benzene rings is 2. The highest BCUT2D eigenvalue weighted by atomic mass is 14.1. The maximum Gasteiger partial charge on any atom is -0.00639 e. The second kappa shape index (κ2) is 5.71. The number of allylic oxidation sites excluding steroid dienone is 4. The summed E-state index contributed by atoms with van der Waals surface area (Å²) in [6.07, 6.45) is 8.01. The molecule has 0 bridgehead atoms. The smallest absolute Gasteiger partial charge is 0.00639 e. The van der Waals surface area contributed by atoms with Gasteiger partial charge in [0.1, 0.15) is 0 Å². The van der Waals surface area contributed by atoms with Gasteiger partial charge < -0.3 is 0 Å². The van der Waals surface area contributed by atoms with Crippen molar-refractivity contribution >= 4 is 5.57 Å². The van der Waals surface area contributed by atoms with Gasteiger partial charge in [0.25, 0.3) is 0 Å². The fourth-order valence-corrected chi connectivity index (χ4v) is 2.58. The lowest BCUT2D eigenvalue weighted by Crippen LogP contribution is -1.97. The van der Waals surface area contributed by atoms with E-state index in [0.29, 0.717) is 0 Å². The zero-order valence-corrected chi connectivity index (χ0v) is 11.0. The van der Waals surface area contributed by atoms with Crippen LogP contribution in [0.25, 0.3) is 5.57 Å². The fraction of sp³-hybridized carbons (Fsp3) is 0.158. The molecule has 0 saturated heterocycles. The Hall–Kier alpha value is -2.08. The maximum atomic E-state index is 2.30. The van der Waals surface area contributed by atoms with Crippen molar-refractivity contribution in [2.24, 2.45) is 0 Å². The van der Waals surface area contributed by atoms with Gasteiger partial charge in [-0.25, -0.2) is 0 Å². The first kappa shape index (κ1) is 12.0. The molecule has 0 saturated carbocycles. The van der Waals surface area contributed by atoms with Crippen LogP contribution in [0, 0.1) is 0 Å². The first-order chi connectivity index (χ1) is 9.42. The highest BCUT2D eigenvalue weighted by Crippen LogP contribution is 2.28. The highest BCUT2D eigenvalue weighted by molar-refractivity contribution is 5.68. The molecule has 0 atom stereocenters. The quantitative estimate of drug-likeness (QED) is 0.712. The second-order valence-corrected chi connectivity index (χ2v) is 5.05. The summed E-state index contributed by atoms with van der Waals surface area (Å²) in [5.74, 6) is 0. The molecule has 19 heavy (non-hydrogen) atoms. The third-order valence-electron chi connectivity index (χ3n) is 3.65. The Labute approximate surface area is 115 Å². The van der Waals surface area contributed by atoms with E-state index in [1.807, 2.05) is 0 Å². The molecule has 0 radical (unpaired) electrons. The molecule has 0 nitrogen and oxygen atoms in total. The molecule has 0 aliphatic heterocycles. The van der Waals surface area contributed by atoms with Gasteiger partial charge in [0, 0.05) is 0 Å². The summed E-state index contributed by atoms with van der Waals surface area (Å²) in [5.41, 5.74) is 5.76. The molecule has 1 aliphatic carbocycles. The van der Waals surface area contributed by atoms with Crippen LogP contribution in [-0.4, -0.2) is 0 Å². The average Bonchev–Trinajstić information content (AvgIpc) is 2.50. The standard InChI is InChI=1S/C19H18/c1-3-7-16(8-4-1)15-17-11-13-19(14-12-17)18-9-5-2-6-10-18/h1-11,13H,12,14-15H2. The molecule has 0 heterocycles. The minimum Gasteiger partial charge on any atom is -0.0655 e. The summed E-state index contributed by atoms with van der Waals surface area (Å²) in [7, 11) is 0. The van der Waals surface area contributed by atoms with E-state index in [9.17, 15) is 0 Å². The summed E-state index contributed by atoms with van der Waals surface area (Å²) in [5, 5.41) is 0. The summed E-state index contributed by atoms with van der Waals surface area (Å²) < 4.78 is 0. The second-order valence-electron chi connectivity index (χ2n) is 5.05. The summed E-state index contributed by atoms with van der Waals surface area (Å²) >= 11 is 0. The van der Waals surface area contributed by atoms with Crippen LogP contribution in [0.4, 0.5) is 0 Å². The normalized spacial score (nSPS) is 14.7. The summed E-state index contributed by atoms with van der Waals surface area (Å²) in [4.78, 5) is 0. The van der Waals surface area contributed by atoms with E-state index in [2.05, 4.69) is 72.8 Å². The molecule has 94 valence electrons. The van der Waals surface area contributed by atoms with Crippen LogP contribution in [0.2, 0.25) is 0 Å². The van der Waals surface area contributed by atoms with Crippen LogP contribution in [0.1, 0.15) is 24.0 Å². The molecule has 2 aromatic rings. The van der Waals surface area contributed by atoms with Crippen molar-refractivity contribution in [3.8, 4) is 0 Å². The number of rotatable bonds is 3. The highest BCUT2D eigenvalue weighted by Gasteiger charge is 2.08. The molecular formula is C19H18. The molecule has 2 aromatic carbocycles. The van der Waals surface area contributed by atoms with Crippen LogP contribution in [0.3, 0.4) is 0 Å². The largest absolute Gasteiger partial charge is 0.0655 e. The Kier molecular flexibility index (Phi) is 3.60. The van der Waals surface area contributed by atoms with E-state index in [1.54, 1.807) is 0 Å².